The number of ether oxygens (including phenoxy) is 2. The Balaban J connectivity index is 1.42. The van der Waals surface area contributed by atoms with Gasteiger partial charge in [-0.25, -0.2) is 4.79 Å². The van der Waals surface area contributed by atoms with Crippen LogP contribution >= 0.6 is 0 Å². The Morgan fingerprint density at radius 3 is 2.19 bits per heavy atom. The zero-order chi connectivity index (χ0) is 18.3. The molecule has 4 aliphatic carbocycles. The smallest absolute Gasteiger partial charge is 0.387 e. The number of esters is 1. The monoisotopic (exact) mass is 364 g/mol. The highest BCUT2D eigenvalue weighted by molar-refractivity contribution is 5.95. The quantitative estimate of drug-likeness (QED) is 0.709. The first-order chi connectivity index (χ1) is 12.4. The Labute approximate surface area is 150 Å². The van der Waals surface area contributed by atoms with Gasteiger partial charge in [-0.2, -0.15) is 8.78 Å². The van der Waals surface area contributed by atoms with Crippen LogP contribution in [-0.4, -0.2) is 25.0 Å². The molecule has 140 valence electrons. The Morgan fingerprint density at radius 1 is 1.04 bits per heavy atom. The second-order valence-corrected chi connectivity index (χ2v) is 8.07. The van der Waals surface area contributed by atoms with Gasteiger partial charge in [0.1, 0.15) is 11.3 Å². The molecule has 0 atom stereocenters. The summed E-state index contributed by atoms with van der Waals surface area (Å²) in [5, 5.41) is 0. The number of carbonyl (C=O) groups is 2. The first-order valence-corrected chi connectivity index (χ1v) is 9.19. The molecule has 0 unspecified atom stereocenters. The topological polar surface area (TPSA) is 52.6 Å². The van der Waals surface area contributed by atoms with E-state index in [-0.39, 0.29) is 29.1 Å². The van der Waals surface area contributed by atoms with Crippen molar-refractivity contribution in [1.82, 2.24) is 0 Å². The Morgan fingerprint density at radius 2 is 1.62 bits per heavy atom. The molecule has 0 heterocycles. The predicted octanol–water partition coefficient (Wildman–Crippen LogP) is 4.23. The lowest BCUT2D eigenvalue weighted by Gasteiger charge is -2.55. The molecule has 4 bridgehead atoms. The zero-order valence-electron chi connectivity index (χ0n) is 14.5. The summed E-state index contributed by atoms with van der Waals surface area (Å²) < 4.78 is 34.5. The van der Waals surface area contributed by atoms with E-state index in [1.54, 1.807) is 0 Å². The van der Waals surface area contributed by atoms with Crippen LogP contribution in [0, 0.1) is 23.2 Å². The van der Waals surface area contributed by atoms with E-state index in [9.17, 15) is 18.4 Å². The highest BCUT2D eigenvalue weighted by Crippen LogP contribution is 2.60. The van der Waals surface area contributed by atoms with E-state index in [4.69, 9.17) is 4.74 Å². The van der Waals surface area contributed by atoms with Crippen molar-refractivity contribution in [3.8, 4) is 5.75 Å². The fourth-order valence-corrected chi connectivity index (χ4v) is 5.65. The molecule has 4 saturated carbocycles. The standard InChI is InChI=1S/C20H22F2O4/c21-19(22)26-16-4-2-1-3-15(16)18(24)25-11-17(23)20-8-12-5-13(9-20)7-14(6-12)10-20/h1-4,12-14,19H,5-11H2. The highest BCUT2D eigenvalue weighted by atomic mass is 19.3. The van der Waals surface area contributed by atoms with E-state index >= 15 is 0 Å². The van der Waals surface area contributed by atoms with Gasteiger partial charge in [-0.05, 0) is 68.4 Å². The van der Waals surface area contributed by atoms with Crippen LogP contribution in [0.4, 0.5) is 8.78 Å². The normalized spacial score (nSPS) is 31.9. The van der Waals surface area contributed by atoms with E-state index in [2.05, 4.69) is 4.74 Å². The average Bonchev–Trinajstić information content (AvgIpc) is 2.58. The van der Waals surface area contributed by atoms with Gasteiger partial charge in [0.05, 0.1) is 0 Å². The maximum Gasteiger partial charge on any atom is 0.387 e. The van der Waals surface area contributed by atoms with Crippen LogP contribution in [0.15, 0.2) is 24.3 Å². The van der Waals surface area contributed by atoms with E-state index in [0.717, 1.165) is 19.3 Å². The van der Waals surface area contributed by atoms with E-state index in [0.29, 0.717) is 17.8 Å². The molecular formula is C20H22F2O4. The minimum absolute atomic E-state index is 0.0165. The van der Waals surface area contributed by atoms with Gasteiger partial charge in [-0.3, -0.25) is 4.79 Å². The Bertz CT molecular complexity index is 680. The molecule has 0 aliphatic heterocycles. The molecule has 4 aliphatic rings. The van der Waals surface area contributed by atoms with Crippen LogP contribution in [-0.2, 0) is 9.53 Å². The molecule has 1 aromatic carbocycles. The number of rotatable bonds is 6. The lowest BCUT2D eigenvalue weighted by atomic mass is 9.48. The average molecular weight is 364 g/mol. The van der Waals surface area contributed by atoms with Crippen molar-refractivity contribution < 1.29 is 27.8 Å². The van der Waals surface area contributed by atoms with E-state index in [1.165, 1.54) is 43.5 Å². The molecule has 0 amide bonds. The number of ketones is 1. The van der Waals surface area contributed by atoms with Crippen molar-refractivity contribution in [3.05, 3.63) is 29.8 Å². The first kappa shape index (κ1) is 17.4. The Hall–Kier alpha value is -1.98. The Kier molecular flexibility index (Phi) is 4.45. The van der Waals surface area contributed by atoms with Crippen molar-refractivity contribution in [2.24, 2.45) is 23.2 Å². The maximum absolute atomic E-state index is 12.9. The first-order valence-electron chi connectivity index (χ1n) is 9.19. The largest absolute Gasteiger partial charge is 0.454 e. The van der Waals surface area contributed by atoms with Crippen LogP contribution in [0.2, 0.25) is 0 Å². The molecule has 26 heavy (non-hydrogen) atoms. The second kappa shape index (κ2) is 6.63. The second-order valence-electron chi connectivity index (χ2n) is 8.07. The number of halogens is 2. The summed E-state index contributed by atoms with van der Waals surface area (Å²) in [6.07, 6.45) is 6.39. The van der Waals surface area contributed by atoms with Gasteiger partial charge in [-0.1, -0.05) is 12.1 Å². The molecule has 0 aromatic heterocycles. The van der Waals surface area contributed by atoms with Gasteiger partial charge in [0.2, 0.25) is 0 Å². The third kappa shape index (κ3) is 3.21. The van der Waals surface area contributed by atoms with Crippen molar-refractivity contribution in [3.63, 3.8) is 0 Å². The van der Waals surface area contributed by atoms with Gasteiger partial charge in [0, 0.05) is 5.41 Å². The summed E-state index contributed by atoms with van der Waals surface area (Å²) in [7, 11) is 0. The number of hydrogen-bond donors (Lipinski definition) is 0. The molecule has 0 spiro atoms. The highest BCUT2D eigenvalue weighted by Gasteiger charge is 2.54. The summed E-state index contributed by atoms with van der Waals surface area (Å²) in [5.74, 6) is 0.814. The minimum atomic E-state index is -3.03. The van der Waals surface area contributed by atoms with Gasteiger partial charge >= 0.3 is 12.6 Å². The van der Waals surface area contributed by atoms with Crippen LogP contribution in [0.1, 0.15) is 48.9 Å². The third-order valence-electron chi connectivity index (χ3n) is 6.29. The molecule has 4 nitrogen and oxygen atoms in total. The molecule has 5 rings (SSSR count). The lowest BCUT2D eigenvalue weighted by molar-refractivity contribution is -0.147. The van der Waals surface area contributed by atoms with Gasteiger partial charge < -0.3 is 9.47 Å². The number of carbonyl (C=O) groups excluding carboxylic acids is 2. The van der Waals surface area contributed by atoms with E-state index in [1.807, 2.05) is 0 Å². The predicted molar refractivity (Wildman–Crippen MR) is 89.0 cm³/mol. The molecule has 6 heteroatoms. The summed E-state index contributed by atoms with van der Waals surface area (Å²) in [5.41, 5.74) is -0.431. The zero-order valence-corrected chi connectivity index (χ0v) is 14.5. The molecule has 0 saturated heterocycles. The summed E-state index contributed by atoms with van der Waals surface area (Å²) in [6.45, 7) is -3.33. The van der Waals surface area contributed by atoms with Crippen LogP contribution in [0.5, 0.6) is 5.75 Å². The van der Waals surface area contributed by atoms with Crippen LogP contribution < -0.4 is 4.74 Å². The molecular weight excluding hydrogens is 342 g/mol. The minimum Gasteiger partial charge on any atom is -0.454 e. The van der Waals surface area contributed by atoms with Crippen molar-refractivity contribution in [1.29, 1.82) is 0 Å². The number of benzene rings is 1. The number of para-hydroxylation sites is 1. The molecule has 4 fully saturated rings. The number of Topliss-reactive ketones (excluding diaryl/α,β-unsaturated/α-hetero) is 1. The summed E-state index contributed by atoms with van der Waals surface area (Å²) in [6, 6.07) is 5.67. The van der Waals surface area contributed by atoms with Crippen molar-refractivity contribution >= 4 is 11.8 Å². The van der Waals surface area contributed by atoms with Crippen LogP contribution in [0.25, 0.3) is 0 Å². The van der Waals surface area contributed by atoms with Crippen LogP contribution in [0.3, 0.4) is 0 Å². The summed E-state index contributed by atoms with van der Waals surface area (Å²) >= 11 is 0. The lowest BCUT2D eigenvalue weighted by Crippen LogP contribution is -2.51. The fraction of sp³-hybridized carbons (Fsp3) is 0.600. The van der Waals surface area contributed by atoms with Crippen molar-refractivity contribution in [2.45, 2.75) is 45.1 Å². The molecule has 0 N–H and O–H groups in total. The van der Waals surface area contributed by atoms with Gasteiger partial charge in [-0.15, -0.1) is 0 Å². The maximum atomic E-state index is 12.9. The van der Waals surface area contributed by atoms with Crippen molar-refractivity contribution in [2.75, 3.05) is 6.61 Å². The van der Waals surface area contributed by atoms with E-state index < -0.39 is 12.6 Å². The summed E-state index contributed by atoms with van der Waals surface area (Å²) in [4.78, 5) is 25.1. The number of alkyl halides is 2. The third-order valence-corrected chi connectivity index (χ3v) is 6.29. The number of hydrogen-bond acceptors (Lipinski definition) is 4. The SMILES string of the molecule is O=C(OCC(=O)C12CC3CC(CC(C3)C1)C2)c1ccccc1OC(F)F. The van der Waals surface area contributed by atoms with Gasteiger partial charge in [0.15, 0.2) is 12.4 Å². The van der Waals surface area contributed by atoms with Gasteiger partial charge in [0.25, 0.3) is 0 Å². The molecule has 1 aromatic rings. The fourth-order valence-electron chi connectivity index (χ4n) is 5.65. The molecule has 0 radical (unpaired) electrons.